The summed E-state index contributed by atoms with van der Waals surface area (Å²) in [5, 5.41) is 9.04. The van der Waals surface area contributed by atoms with Crippen LogP contribution in [0.25, 0.3) is 0 Å². The van der Waals surface area contributed by atoms with Crippen molar-refractivity contribution in [2.75, 3.05) is 40.4 Å². The number of benzene rings is 2. The Hall–Kier alpha value is -2.68. The fraction of sp³-hybridized carbons (Fsp3) is 0.440. The first kappa shape index (κ1) is 22.0. The second kappa shape index (κ2) is 10.9. The SMILES string of the molecule is COCCN(C)Cc1ccc(CC2CCN(C(=O)c3cccc(C#N)c3)CC2)cc1. The Morgan fingerprint density at radius 2 is 1.87 bits per heavy atom. The summed E-state index contributed by atoms with van der Waals surface area (Å²) in [6, 6.07) is 18.0. The number of piperidine rings is 1. The van der Waals surface area contributed by atoms with E-state index in [1.165, 1.54) is 11.1 Å². The van der Waals surface area contributed by atoms with Crippen LogP contribution in [0.1, 0.15) is 39.9 Å². The van der Waals surface area contributed by atoms with Gasteiger partial charge < -0.3 is 9.64 Å². The van der Waals surface area contributed by atoms with Gasteiger partial charge in [0.25, 0.3) is 5.91 Å². The number of methoxy groups -OCH3 is 1. The molecule has 1 amide bonds. The summed E-state index contributed by atoms with van der Waals surface area (Å²) >= 11 is 0. The number of amides is 1. The fourth-order valence-electron chi connectivity index (χ4n) is 4.00. The molecule has 2 aromatic carbocycles. The largest absolute Gasteiger partial charge is 0.383 e. The first-order valence-corrected chi connectivity index (χ1v) is 10.6. The molecule has 0 atom stereocenters. The lowest BCUT2D eigenvalue weighted by molar-refractivity contribution is 0.0690. The summed E-state index contributed by atoms with van der Waals surface area (Å²) in [5.74, 6) is 0.641. The van der Waals surface area contributed by atoms with E-state index in [0.29, 0.717) is 17.0 Å². The molecule has 5 heteroatoms. The standard InChI is InChI=1S/C25H31N3O2/c1-27(14-15-30-2)19-22-8-6-20(7-9-22)16-21-10-12-28(13-11-21)25(29)24-5-3-4-23(17-24)18-26/h3-9,17,21H,10-16,19H2,1-2H3. The minimum atomic E-state index is 0.0347. The van der Waals surface area contributed by atoms with Gasteiger partial charge in [0.05, 0.1) is 18.2 Å². The Morgan fingerprint density at radius 3 is 2.53 bits per heavy atom. The van der Waals surface area contributed by atoms with Crippen molar-refractivity contribution < 1.29 is 9.53 Å². The monoisotopic (exact) mass is 405 g/mol. The van der Waals surface area contributed by atoms with E-state index in [-0.39, 0.29) is 5.91 Å². The van der Waals surface area contributed by atoms with Crippen LogP contribution in [-0.4, -0.2) is 56.1 Å². The van der Waals surface area contributed by atoms with Crippen LogP contribution < -0.4 is 0 Å². The molecule has 5 nitrogen and oxygen atoms in total. The fourth-order valence-corrected chi connectivity index (χ4v) is 4.00. The number of likely N-dealkylation sites (N-methyl/N-ethyl adjacent to an activating group) is 1. The van der Waals surface area contributed by atoms with Crippen molar-refractivity contribution >= 4 is 5.91 Å². The van der Waals surface area contributed by atoms with Gasteiger partial charge >= 0.3 is 0 Å². The summed E-state index contributed by atoms with van der Waals surface area (Å²) in [5.41, 5.74) is 3.82. The number of rotatable bonds is 8. The molecule has 0 unspecified atom stereocenters. The predicted octanol–water partition coefficient (Wildman–Crippen LogP) is 3.73. The van der Waals surface area contributed by atoms with Crippen molar-refractivity contribution in [3.8, 4) is 6.07 Å². The zero-order chi connectivity index (χ0) is 21.3. The Kier molecular flexibility index (Phi) is 8.01. The average Bonchev–Trinajstić information content (AvgIpc) is 2.79. The van der Waals surface area contributed by atoms with Crippen LogP contribution in [0.2, 0.25) is 0 Å². The van der Waals surface area contributed by atoms with Gasteiger partial charge in [0.15, 0.2) is 0 Å². The molecule has 1 fully saturated rings. The van der Waals surface area contributed by atoms with Gasteiger partial charge in [-0.05, 0) is 61.6 Å². The topological polar surface area (TPSA) is 56.6 Å². The molecule has 158 valence electrons. The van der Waals surface area contributed by atoms with Crippen molar-refractivity contribution in [3.63, 3.8) is 0 Å². The second-order valence-corrected chi connectivity index (χ2v) is 8.18. The Labute approximate surface area is 179 Å². The van der Waals surface area contributed by atoms with Crippen molar-refractivity contribution in [1.29, 1.82) is 5.26 Å². The van der Waals surface area contributed by atoms with Gasteiger partial charge in [0.2, 0.25) is 0 Å². The predicted molar refractivity (Wildman–Crippen MR) is 118 cm³/mol. The maximum absolute atomic E-state index is 12.7. The molecule has 0 saturated carbocycles. The zero-order valence-corrected chi connectivity index (χ0v) is 18.0. The molecule has 0 aliphatic carbocycles. The lowest BCUT2D eigenvalue weighted by atomic mass is 9.89. The number of hydrogen-bond donors (Lipinski definition) is 0. The number of ether oxygens (including phenoxy) is 1. The van der Waals surface area contributed by atoms with Crippen LogP contribution in [0.3, 0.4) is 0 Å². The third-order valence-corrected chi connectivity index (χ3v) is 5.82. The first-order chi connectivity index (χ1) is 14.6. The average molecular weight is 406 g/mol. The van der Waals surface area contributed by atoms with E-state index < -0.39 is 0 Å². The number of carbonyl (C=O) groups is 1. The lowest BCUT2D eigenvalue weighted by Crippen LogP contribution is -2.38. The van der Waals surface area contributed by atoms with Crippen molar-refractivity contribution in [3.05, 3.63) is 70.8 Å². The second-order valence-electron chi connectivity index (χ2n) is 8.18. The molecule has 2 aromatic rings. The summed E-state index contributed by atoms with van der Waals surface area (Å²) < 4.78 is 5.13. The number of likely N-dealkylation sites (tertiary alicyclic amines) is 1. The number of carbonyl (C=O) groups excluding carboxylic acids is 1. The van der Waals surface area contributed by atoms with Gasteiger partial charge in [-0.1, -0.05) is 30.3 Å². The molecule has 0 bridgehead atoms. The third kappa shape index (κ3) is 6.16. The van der Waals surface area contributed by atoms with E-state index in [4.69, 9.17) is 10.00 Å². The molecule has 0 radical (unpaired) electrons. The summed E-state index contributed by atoms with van der Waals surface area (Å²) in [6.07, 6.45) is 3.10. The van der Waals surface area contributed by atoms with Crippen LogP contribution in [0.5, 0.6) is 0 Å². The van der Waals surface area contributed by atoms with E-state index >= 15 is 0 Å². The first-order valence-electron chi connectivity index (χ1n) is 10.6. The molecule has 1 heterocycles. The molecular formula is C25H31N3O2. The minimum absolute atomic E-state index is 0.0347. The maximum Gasteiger partial charge on any atom is 0.253 e. The highest BCUT2D eigenvalue weighted by atomic mass is 16.5. The number of nitriles is 1. The van der Waals surface area contributed by atoms with E-state index in [2.05, 4.69) is 42.3 Å². The van der Waals surface area contributed by atoms with Crippen LogP contribution in [0.15, 0.2) is 48.5 Å². The third-order valence-electron chi connectivity index (χ3n) is 5.82. The molecule has 0 aromatic heterocycles. The lowest BCUT2D eigenvalue weighted by Gasteiger charge is -2.32. The Balaban J connectivity index is 1.47. The highest BCUT2D eigenvalue weighted by Gasteiger charge is 2.24. The van der Waals surface area contributed by atoms with Crippen LogP contribution >= 0.6 is 0 Å². The smallest absolute Gasteiger partial charge is 0.253 e. The van der Waals surface area contributed by atoms with E-state index in [9.17, 15) is 4.79 Å². The van der Waals surface area contributed by atoms with Crippen LogP contribution in [-0.2, 0) is 17.7 Å². The highest BCUT2D eigenvalue weighted by molar-refractivity contribution is 5.94. The molecule has 0 N–H and O–H groups in total. The highest BCUT2D eigenvalue weighted by Crippen LogP contribution is 2.23. The van der Waals surface area contributed by atoms with Gasteiger partial charge in [0, 0.05) is 38.9 Å². The minimum Gasteiger partial charge on any atom is -0.383 e. The van der Waals surface area contributed by atoms with Crippen LogP contribution in [0.4, 0.5) is 0 Å². The summed E-state index contributed by atoms with van der Waals surface area (Å²) in [4.78, 5) is 16.9. The maximum atomic E-state index is 12.7. The Morgan fingerprint density at radius 1 is 1.17 bits per heavy atom. The normalized spacial score (nSPS) is 14.7. The van der Waals surface area contributed by atoms with Gasteiger partial charge in [-0.25, -0.2) is 0 Å². The van der Waals surface area contributed by atoms with Crippen molar-refractivity contribution in [1.82, 2.24) is 9.80 Å². The molecule has 30 heavy (non-hydrogen) atoms. The molecule has 1 saturated heterocycles. The molecular weight excluding hydrogens is 374 g/mol. The van der Waals surface area contributed by atoms with E-state index in [1.807, 2.05) is 4.90 Å². The molecule has 1 aliphatic heterocycles. The van der Waals surface area contributed by atoms with Crippen LogP contribution in [0, 0.1) is 17.2 Å². The van der Waals surface area contributed by atoms with Crippen molar-refractivity contribution in [2.24, 2.45) is 5.92 Å². The van der Waals surface area contributed by atoms with Gasteiger partial charge in [-0.3, -0.25) is 9.69 Å². The number of nitrogens with zero attached hydrogens (tertiary/aromatic N) is 3. The van der Waals surface area contributed by atoms with Crippen molar-refractivity contribution in [2.45, 2.75) is 25.8 Å². The number of hydrogen-bond acceptors (Lipinski definition) is 4. The van der Waals surface area contributed by atoms with E-state index in [0.717, 1.165) is 52.0 Å². The molecule has 1 aliphatic rings. The zero-order valence-electron chi connectivity index (χ0n) is 18.0. The quantitative estimate of drug-likeness (QED) is 0.671. The van der Waals surface area contributed by atoms with E-state index in [1.54, 1.807) is 31.4 Å². The molecule has 0 spiro atoms. The van der Waals surface area contributed by atoms with Gasteiger partial charge in [-0.15, -0.1) is 0 Å². The Bertz CT molecular complexity index is 865. The molecule has 3 rings (SSSR count). The summed E-state index contributed by atoms with van der Waals surface area (Å²) in [6.45, 7) is 4.17. The van der Waals surface area contributed by atoms with Gasteiger partial charge in [0.1, 0.15) is 0 Å². The van der Waals surface area contributed by atoms with Gasteiger partial charge in [-0.2, -0.15) is 5.26 Å². The summed E-state index contributed by atoms with van der Waals surface area (Å²) in [7, 11) is 3.84.